The summed E-state index contributed by atoms with van der Waals surface area (Å²) < 4.78 is 0. The van der Waals surface area contributed by atoms with Gasteiger partial charge in [-0.15, -0.1) is 0 Å². The van der Waals surface area contributed by atoms with E-state index in [2.05, 4.69) is 10.6 Å². The highest BCUT2D eigenvalue weighted by atomic mass is 16.2. The number of carbonyl (C=O) groups excluding carboxylic acids is 1. The Kier molecular flexibility index (Phi) is 2.27. The van der Waals surface area contributed by atoms with Gasteiger partial charge in [0.1, 0.15) is 6.04 Å². The van der Waals surface area contributed by atoms with E-state index in [0.717, 1.165) is 13.1 Å². The van der Waals surface area contributed by atoms with Gasteiger partial charge >= 0.3 is 0 Å². The van der Waals surface area contributed by atoms with E-state index in [1.165, 1.54) is 5.56 Å². The van der Waals surface area contributed by atoms with Crippen molar-refractivity contribution in [2.45, 2.75) is 12.6 Å². The van der Waals surface area contributed by atoms with Gasteiger partial charge in [0, 0.05) is 13.1 Å². The van der Waals surface area contributed by atoms with E-state index in [1.807, 2.05) is 30.3 Å². The van der Waals surface area contributed by atoms with E-state index >= 15 is 0 Å². The van der Waals surface area contributed by atoms with E-state index in [1.54, 1.807) is 0 Å². The molecule has 0 spiro atoms. The maximum absolute atomic E-state index is 10.9. The van der Waals surface area contributed by atoms with E-state index in [4.69, 9.17) is 0 Å². The summed E-state index contributed by atoms with van der Waals surface area (Å²) in [6.45, 7) is 1.52. The number of benzene rings is 1. The fraction of sp³-hybridized carbons (Fsp3) is 0.300. The van der Waals surface area contributed by atoms with Crippen molar-refractivity contribution in [1.82, 2.24) is 10.6 Å². The van der Waals surface area contributed by atoms with Gasteiger partial charge in [0.15, 0.2) is 0 Å². The molecule has 1 amide bonds. The van der Waals surface area contributed by atoms with Crippen molar-refractivity contribution in [1.29, 1.82) is 0 Å². The third kappa shape index (κ3) is 1.87. The van der Waals surface area contributed by atoms with Crippen LogP contribution in [0.4, 0.5) is 0 Å². The summed E-state index contributed by atoms with van der Waals surface area (Å²) in [5.74, 6) is 0.107. The third-order valence-electron chi connectivity index (χ3n) is 2.19. The van der Waals surface area contributed by atoms with Crippen molar-refractivity contribution in [2.75, 3.05) is 6.54 Å². The summed E-state index contributed by atoms with van der Waals surface area (Å²) in [4.78, 5) is 10.9. The number of nitrogens with one attached hydrogen (secondary N) is 2. The molecule has 1 aliphatic rings. The molecular formula is C10H12N2O. The minimum Gasteiger partial charge on any atom is -0.353 e. The van der Waals surface area contributed by atoms with Crippen LogP contribution in [-0.4, -0.2) is 18.5 Å². The standard InChI is InChI=1S/C10H12N2O/c13-10-9(7-12-10)11-6-8-4-2-1-3-5-8/h1-5,9,11H,6-7H2,(H,12,13). The molecule has 0 bridgehead atoms. The van der Waals surface area contributed by atoms with Crippen LogP contribution in [0.3, 0.4) is 0 Å². The molecular weight excluding hydrogens is 164 g/mol. The summed E-state index contributed by atoms with van der Waals surface area (Å²) in [7, 11) is 0. The molecule has 0 aliphatic carbocycles. The summed E-state index contributed by atoms with van der Waals surface area (Å²) in [5, 5.41) is 5.87. The molecule has 1 atom stereocenters. The highest BCUT2D eigenvalue weighted by molar-refractivity contribution is 5.87. The Morgan fingerprint density at radius 2 is 2.15 bits per heavy atom. The van der Waals surface area contributed by atoms with Gasteiger partial charge in [-0.2, -0.15) is 0 Å². The minimum atomic E-state index is 0.0141. The van der Waals surface area contributed by atoms with E-state index in [9.17, 15) is 4.79 Å². The molecule has 2 rings (SSSR count). The van der Waals surface area contributed by atoms with Crippen LogP contribution < -0.4 is 10.6 Å². The van der Waals surface area contributed by atoms with Gasteiger partial charge in [-0.05, 0) is 5.56 Å². The van der Waals surface area contributed by atoms with Crippen molar-refractivity contribution in [3.05, 3.63) is 35.9 Å². The first kappa shape index (κ1) is 8.26. The summed E-state index contributed by atoms with van der Waals surface area (Å²) in [6, 6.07) is 10.1. The van der Waals surface area contributed by atoms with Crippen molar-refractivity contribution >= 4 is 5.91 Å². The Labute approximate surface area is 77.1 Å². The Balaban J connectivity index is 1.83. The van der Waals surface area contributed by atoms with Gasteiger partial charge in [-0.1, -0.05) is 30.3 Å². The molecule has 3 nitrogen and oxygen atoms in total. The zero-order chi connectivity index (χ0) is 9.10. The number of hydrogen-bond acceptors (Lipinski definition) is 2. The first-order valence-corrected chi connectivity index (χ1v) is 4.41. The molecule has 1 heterocycles. The van der Waals surface area contributed by atoms with Gasteiger partial charge in [-0.3, -0.25) is 4.79 Å². The van der Waals surface area contributed by atoms with Crippen molar-refractivity contribution in [3.8, 4) is 0 Å². The number of carbonyl (C=O) groups is 1. The van der Waals surface area contributed by atoms with Gasteiger partial charge in [-0.25, -0.2) is 0 Å². The van der Waals surface area contributed by atoms with Crippen LogP contribution in [0, 0.1) is 0 Å². The van der Waals surface area contributed by atoms with Crippen LogP contribution in [0.2, 0.25) is 0 Å². The van der Waals surface area contributed by atoms with Crippen LogP contribution in [0.5, 0.6) is 0 Å². The average Bonchev–Trinajstić information content (AvgIpc) is 2.17. The molecule has 0 aromatic heterocycles. The number of amides is 1. The summed E-state index contributed by atoms with van der Waals surface area (Å²) in [5.41, 5.74) is 1.21. The maximum atomic E-state index is 10.9. The molecule has 1 fully saturated rings. The van der Waals surface area contributed by atoms with Gasteiger partial charge < -0.3 is 10.6 Å². The second kappa shape index (κ2) is 3.58. The average molecular weight is 176 g/mol. The summed E-state index contributed by atoms with van der Waals surface area (Å²) in [6.07, 6.45) is 0. The molecule has 2 N–H and O–H groups in total. The summed E-state index contributed by atoms with van der Waals surface area (Å²) >= 11 is 0. The Bertz CT molecular complexity index is 297. The van der Waals surface area contributed by atoms with Crippen LogP contribution in [-0.2, 0) is 11.3 Å². The van der Waals surface area contributed by atoms with Gasteiger partial charge in [0.05, 0.1) is 0 Å². The zero-order valence-corrected chi connectivity index (χ0v) is 7.29. The normalized spacial score (nSPS) is 20.6. The second-order valence-corrected chi connectivity index (χ2v) is 3.16. The zero-order valence-electron chi connectivity index (χ0n) is 7.29. The smallest absolute Gasteiger partial charge is 0.239 e. The molecule has 3 heteroatoms. The van der Waals surface area contributed by atoms with Crippen LogP contribution >= 0.6 is 0 Å². The molecule has 1 aromatic rings. The Hall–Kier alpha value is -1.35. The van der Waals surface area contributed by atoms with E-state index in [-0.39, 0.29) is 11.9 Å². The number of β-lactam (4-membered cyclic amide) rings is 1. The molecule has 0 saturated carbocycles. The van der Waals surface area contributed by atoms with E-state index < -0.39 is 0 Å². The predicted octanol–water partition coefficient (Wildman–Crippen LogP) is 0.275. The minimum absolute atomic E-state index is 0.0141. The lowest BCUT2D eigenvalue weighted by molar-refractivity contribution is -0.128. The van der Waals surface area contributed by atoms with Crippen molar-refractivity contribution in [3.63, 3.8) is 0 Å². The SMILES string of the molecule is O=C1NCC1NCc1ccccc1. The molecule has 1 aromatic carbocycles. The van der Waals surface area contributed by atoms with Crippen LogP contribution in [0.1, 0.15) is 5.56 Å². The quantitative estimate of drug-likeness (QED) is 0.649. The second-order valence-electron chi connectivity index (χ2n) is 3.16. The molecule has 1 aliphatic heterocycles. The Morgan fingerprint density at radius 3 is 2.69 bits per heavy atom. The topological polar surface area (TPSA) is 41.1 Å². The lowest BCUT2D eigenvalue weighted by Crippen LogP contribution is -2.60. The first-order valence-electron chi connectivity index (χ1n) is 4.41. The predicted molar refractivity (Wildman–Crippen MR) is 50.1 cm³/mol. The maximum Gasteiger partial charge on any atom is 0.239 e. The lowest BCUT2D eigenvalue weighted by Gasteiger charge is -2.26. The Morgan fingerprint density at radius 1 is 1.38 bits per heavy atom. The number of rotatable bonds is 3. The fourth-order valence-electron chi connectivity index (χ4n) is 1.29. The molecule has 68 valence electrons. The first-order chi connectivity index (χ1) is 6.36. The van der Waals surface area contributed by atoms with Crippen molar-refractivity contribution in [2.24, 2.45) is 0 Å². The molecule has 1 unspecified atom stereocenters. The highest BCUT2D eigenvalue weighted by Crippen LogP contribution is 2.00. The van der Waals surface area contributed by atoms with E-state index in [0.29, 0.717) is 0 Å². The van der Waals surface area contributed by atoms with Gasteiger partial charge in [0.2, 0.25) is 5.91 Å². The largest absolute Gasteiger partial charge is 0.353 e. The molecule has 1 saturated heterocycles. The van der Waals surface area contributed by atoms with Crippen LogP contribution in [0.15, 0.2) is 30.3 Å². The van der Waals surface area contributed by atoms with Gasteiger partial charge in [0.25, 0.3) is 0 Å². The fourth-order valence-corrected chi connectivity index (χ4v) is 1.29. The molecule has 13 heavy (non-hydrogen) atoms. The number of hydrogen-bond donors (Lipinski definition) is 2. The van der Waals surface area contributed by atoms with Crippen molar-refractivity contribution < 1.29 is 4.79 Å². The van der Waals surface area contributed by atoms with Crippen LogP contribution in [0.25, 0.3) is 0 Å². The third-order valence-corrected chi connectivity index (χ3v) is 2.19. The monoisotopic (exact) mass is 176 g/mol. The molecule has 0 radical (unpaired) electrons. The highest BCUT2D eigenvalue weighted by Gasteiger charge is 2.26. The lowest BCUT2D eigenvalue weighted by atomic mass is 10.1.